The number of benzene rings is 4. The van der Waals surface area contributed by atoms with Crippen LogP contribution >= 0.6 is 0 Å². The molecule has 0 bridgehead atoms. The summed E-state index contributed by atoms with van der Waals surface area (Å²) >= 11 is 0. The van der Waals surface area contributed by atoms with Crippen LogP contribution in [0.15, 0.2) is 91.0 Å². The maximum absolute atomic E-state index is 11.5. The molecule has 0 saturated carbocycles. The Morgan fingerprint density at radius 1 is 0.353 bits per heavy atom. The Morgan fingerprint density at radius 2 is 0.588 bits per heavy atom. The van der Waals surface area contributed by atoms with Crippen molar-refractivity contribution in [2.45, 2.75) is 6.92 Å². The Bertz CT molecular complexity index is 2120. The van der Waals surface area contributed by atoms with Gasteiger partial charge < -0.3 is 10.2 Å². The number of aromatic carboxylic acids is 2. The zero-order valence-corrected chi connectivity index (χ0v) is 26.1. The molecule has 0 spiro atoms. The molecule has 2 N–H and O–H groups in total. The van der Waals surface area contributed by atoms with Crippen LogP contribution in [0.5, 0.6) is 0 Å². The zero-order valence-electron chi connectivity index (χ0n) is 26.1. The van der Waals surface area contributed by atoms with E-state index in [0.29, 0.717) is 16.7 Å². The van der Waals surface area contributed by atoms with Crippen molar-refractivity contribution in [2.75, 3.05) is 0 Å². The second kappa shape index (κ2) is 13.4. The minimum Gasteiger partial charge on any atom is -0.475 e. The molecule has 0 fully saturated rings. The second-order valence-corrected chi connectivity index (χ2v) is 10.8. The van der Waals surface area contributed by atoms with Crippen LogP contribution in [-0.4, -0.2) is 89.1 Å². The average molecular weight is 677 g/mol. The van der Waals surface area contributed by atoms with Gasteiger partial charge >= 0.3 is 11.9 Å². The number of carbonyl (C=O) groups is 3. The van der Waals surface area contributed by atoms with Gasteiger partial charge in [-0.2, -0.15) is 0 Å². The number of carbonyl (C=O) groups excluding carboxylic acids is 1. The molecule has 0 amide bonds. The SMILES string of the molecule is CC(=O)c1nnc(-c2ccc(-c3cc(-c4ccc(-c5nnc(C(=O)O)nn5)cc4)cc(-c4ccc(-c5nnc(C(=O)O)nn5)cc4)c3)cc2)nn1. The number of rotatable bonds is 9. The van der Waals surface area contributed by atoms with Crippen LogP contribution in [0, 0.1) is 0 Å². The minimum atomic E-state index is -1.32. The molecule has 0 atom stereocenters. The number of aromatic nitrogens is 12. The highest BCUT2D eigenvalue weighted by Gasteiger charge is 2.14. The molecule has 51 heavy (non-hydrogen) atoms. The molecule has 3 heterocycles. The number of hydrogen-bond donors (Lipinski definition) is 2. The number of Topliss-reactive ketones (excluding diaryl/α,β-unsaturated/α-hetero) is 1. The lowest BCUT2D eigenvalue weighted by Gasteiger charge is -2.12. The zero-order chi connectivity index (χ0) is 35.5. The molecule has 0 aliphatic rings. The highest BCUT2D eigenvalue weighted by atomic mass is 16.4. The lowest BCUT2D eigenvalue weighted by Crippen LogP contribution is -2.08. The summed E-state index contributed by atoms with van der Waals surface area (Å²) in [7, 11) is 0. The lowest BCUT2D eigenvalue weighted by atomic mass is 9.92. The van der Waals surface area contributed by atoms with E-state index < -0.39 is 23.6 Å². The fourth-order valence-electron chi connectivity index (χ4n) is 4.91. The molecule has 246 valence electrons. The van der Waals surface area contributed by atoms with E-state index in [2.05, 4.69) is 61.2 Å². The molecule has 0 aliphatic heterocycles. The van der Waals surface area contributed by atoms with Crippen molar-refractivity contribution in [3.63, 3.8) is 0 Å². The van der Waals surface area contributed by atoms with Crippen molar-refractivity contribution in [1.29, 1.82) is 0 Å². The maximum Gasteiger partial charge on any atom is 0.377 e. The van der Waals surface area contributed by atoms with E-state index >= 15 is 0 Å². The van der Waals surface area contributed by atoms with Crippen molar-refractivity contribution in [3.8, 4) is 67.5 Å². The smallest absolute Gasteiger partial charge is 0.377 e. The molecular formula is C34H20N12O5. The number of nitrogens with zero attached hydrogens (tertiary/aromatic N) is 12. The van der Waals surface area contributed by atoms with Crippen LogP contribution < -0.4 is 0 Å². The third-order valence-electron chi connectivity index (χ3n) is 7.50. The largest absolute Gasteiger partial charge is 0.475 e. The number of carboxylic acid groups (broad SMARTS) is 2. The van der Waals surface area contributed by atoms with Gasteiger partial charge in [-0.3, -0.25) is 4.79 Å². The van der Waals surface area contributed by atoms with Gasteiger partial charge in [0.15, 0.2) is 0 Å². The van der Waals surface area contributed by atoms with Gasteiger partial charge in [0.05, 0.1) is 0 Å². The van der Waals surface area contributed by atoms with Crippen LogP contribution in [0.1, 0.15) is 38.8 Å². The Balaban J connectivity index is 1.24. The first kappa shape index (κ1) is 31.9. The van der Waals surface area contributed by atoms with Gasteiger partial charge in [-0.25, -0.2) is 9.59 Å². The van der Waals surface area contributed by atoms with Crippen molar-refractivity contribution in [1.82, 2.24) is 61.2 Å². The third-order valence-corrected chi connectivity index (χ3v) is 7.50. The van der Waals surface area contributed by atoms with Crippen LogP contribution in [-0.2, 0) is 0 Å². The molecule has 0 aliphatic carbocycles. The van der Waals surface area contributed by atoms with Gasteiger partial charge in [-0.05, 0) is 51.6 Å². The fraction of sp³-hybridized carbons (Fsp3) is 0.0294. The first-order valence-corrected chi connectivity index (χ1v) is 14.9. The third kappa shape index (κ3) is 6.83. The summed E-state index contributed by atoms with van der Waals surface area (Å²) in [6.45, 7) is 1.34. The van der Waals surface area contributed by atoms with E-state index in [1.54, 1.807) is 24.3 Å². The average Bonchev–Trinajstić information content (AvgIpc) is 3.18. The van der Waals surface area contributed by atoms with E-state index in [0.717, 1.165) is 33.4 Å². The van der Waals surface area contributed by atoms with E-state index in [9.17, 15) is 14.4 Å². The minimum absolute atomic E-state index is 0.0605. The summed E-state index contributed by atoms with van der Waals surface area (Å²) in [5.41, 5.74) is 7.18. The number of carboxylic acids is 2. The first-order chi connectivity index (χ1) is 24.7. The second-order valence-electron chi connectivity index (χ2n) is 10.8. The van der Waals surface area contributed by atoms with E-state index in [4.69, 9.17) is 10.2 Å². The predicted octanol–water partition coefficient (Wildman–Crippen LogP) is 4.03. The van der Waals surface area contributed by atoms with Crippen LogP contribution in [0.25, 0.3) is 67.5 Å². The summed E-state index contributed by atoms with van der Waals surface area (Å²) < 4.78 is 0. The molecule has 3 aromatic heterocycles. The summed E-state index contributed by atoms with van der Waals surface area (Å²) in [6.07, 6.45) is 0. The van der Waals surface area contributed by atoms with Crippen LogP contribution in [0.3, 0.4) is 0 Å². The lowest BCUT2D eigenvalue weighted by molar-refractivity contribution is 0.0669. The molecule has 0 radical (unpaired) electrons. The molecule has 17 nitrogen and oxygen atoms in total. The van der Waals surface area contributed by atoms with E-state index in [1.165, 1.54) is 6.92 Å². The first-order valence-electron chi connectivity index (χ1n) is 14.9. The summed E-state index contributed by atoms with van der Waals surface area (Å²) in [4.78, 5) is 33.7. The van der Waals surface area contributed by atoms with E-state index in [-0.39, 0.29) is 29.1 Å². The molecule has 0 unspecified atom stereocenters. The molecule has 7 rings (SSSR count). The Morgan fingerprint density at radius 3 is 0.824 bits per heavy atom. The predicted molar refractivity (Wildman–Crippen MR) is 177 cm³/mol. The Kier molecular flexibility index (Phi) is 8.40. The van der Waals surface area contributed by atoms with Crippen molar-refractivity contribution in [2.24, 2.45) is 0 Å². The summed E-state index contributed by atoms with van der Waals surface area (Å²) in [5, 5.41) is 63.8. The summed E-state index contributed by atoms with van der Waals surface area (Å²) in [6, 6.07) is 28.4. The molecular weight excluding hydrogens is 656 g/mol. The highest BCUT2D eigenvalue weighted by Crippen LogP contribution is 2.34. The van der Waals surface area contributed by atoms with Gasteiger partial charge in [0.2, 0.25) is 29.1 Å². The van der Waals surface area contributed by atoms with Crippen molar-refractivity contribution >= 4 is 17.7 Å². The quantitative estimate of drug-likeness (QED) is 0.205. The normalized spacial score (nSPS) is 10.8. The highest BCUT2D eigenvalue weighted by molar-refractivity contribution is 5.90. The molecule has 17 heteroatoms. The Hall–Kier alpha value is -7.69. The monoisotopic (exact) mass is 676 g/mol. The topological polar surface area (TPSA) is 246 Å². The molecule has 4 aromatic carbocycles. The molecule has 0 saturated heterocycles. The Labute approximate surface area is 286 Å². The number of ketones is 1. The van der Waals surface area contributed by atoms with Gasteiger partial charge in [-0.15, -0.1) is 61.2 Å². The standard InChI is InChI=1S/C34H20N12O5/c1-17(47)27-35-37-28(38-36-27)21-8-2-18(3-9-21)24-14-25(19-4-10-22(11-5-19)29-39-43-31(33(48)49)44-40-29)16-26(15-24)20-6-12-23(13-7-20)30-41-45-32(34(50)51)46-42-30/h2-16H,1H3,(H,48,49)(H,50,51). The van der Waals surface area contributed by atoms with Crippen molar-refractivity contribution in [3.05, 3.63) is 108 Å². The van der Waals surface area contributed by atoms with Crippen LogP contribution in [0.2, 0.25) is 0 Å². The fourth-order valence-corrected chi connectivity index (χ4v) is 4.91. The van der Waals surface area contributed by atoms with Gasteiger partial charge in [-0.1, -0.05) is 72.8 Å². The van der Waals surface area contributed by atoms with Crippen LogP contribution in [0.4, 0.5) is 0 Å². The van der Waals surface area contributed by atoms with E-state index in [1.807, 2.05) is 66.7 Å². The van der Waals surface area contributed by atoms with Gasteiger partial charge in [0.1, 0.15) is 0 Å². The van der Waals surface area contributed by atoms with Crippen molar-refractivity contribution < 1.29 is 24.6 Å². The van der Waals surface area contributed by atoms with Gasteiger partial charge in [0.25, 0.3) is 11.6 Å². The number of hydrogen-bond acceptors (Lipinski definition) is 15. The van der Waals surface area contributed by atoms with Gasteiger partial charge in [0, 0.05) is 23.6 Å². The molecule has 7 aromatic rings. The summed E-state index contributed by atoms with van der Waals surface area (Å²) in [5.74, 6) is -3.38. The maximum atomic E-state index is 11.5.